The summed E-state index contributed by atoms with van der Waals surface area (Å²) in [6.07, 6.45) is 2.00. The van der Waals surface area contributed by atoms with Gasteiger partial charge in [0.1, 0.15) is 5.52 Å². The number of hydrogen-bond acceptors (Lipinski definition) is 5. The number of benzene rings is 1. The SMILES string of the molecule is COc1ccc(C2(C#N)CCC(C(=O)O)CC2)c2nc(C)oc12. The molecule has 0 atom stereocenters. The van der Waals surface area contributed by atoms with Gasteiger partial charge in [-0.2, -0.15) is 5.26 Å². The van der Waals surface area contributed by atoms with Gasteiger partial charge in [0.05, 0.1) is 24.5 Å². The molecule has 23 heavy (non-hydrogen) atoms. The molecule has 0 amide bonds. The Bertz CT molecular complexity index is 795. The number of carbonyl (C=O) groups is 1. The number of aryl methyl sites for hydroxylation is 1. The molecule has 6 nitrogen and oxygen atoms in total. The van der Waals surface area contributed by atoms with Crippen molar-refractivity contribution in [2.45, 2.75) is 38.0 Å². The van der Waals surface area contributed by atoms with Crippen LogP contribution in [0.4, 0.5) is 0 Å². The molecule has 1 heterocycles. The zero-order chi connectivity index (χ0) is 16.6. The van der Waals surface area contributed by atoms with Gasteiger partial charge < -0.3 is 14.3 Å². The number of rotatable bonds is 3. The van der Waals surface area contributed by atoms with E-state index in [2.05, 4.69) is 11.1 Å². The number of oxazole rings is 1. The van der Waals surface area contributed by atoms with Crippen molar-refractivity contribution >= 4 is 17.1 Å². The quantitative estimate of drug-likeness (QED) is 0.934. The van der Waals surface area contributed by atoms with E-state index in [1.807, 2.05) is 6.07 Å². The molecule has 120 valence electrons. The second kappa shape index (κ2) is 5.58. The molecule has 0 spiro atoms. The maximum Gasteiger partial charge on any atom is 0.306 e. The molecule has 1 aliphatic carbocycles. The predicted octanol–water partition coefficient (Wildman–Crippen LogP) is 3.18. The van der Waals surface area contributed by atoms with Crippen molar-refractivity contribution in [3.63, 3.8) is 0 Å². The molecule has 0 aliphatic heterocycles. The summed E-state index contributed by atoms with van der Waals surface area (Å²) >= 11 is 0. The summed E-state index contributed by atoms with van der Waals surface area (Å²) in [5.74, 6) is -0.0623. The van der Waals surface area contributed by atoms with Crippen LogP contribution in [0, 0.1) is 24.2 Å². The van der Waals surface area contributed by atoms with E-state index in [0.717, 1.165) is 5.56 Å². The molecular formula is C17H18N2O4. The molecule has 1 saturated carbocycles. The number of aliphatic carboxylic acids is 1. The van der Waals surface area contributed by atoms with Crippen LogP contribution in [0.15, 0.2) is 16.5 Å². The van der Waals surface area contributed by atoms with Gasteiger partial charge in [0.25, 0.3) is 0 Å². The first-order valence-corrected chi connectivity index (χ1v) is 7.59. The van der Waals surface area contributed by atoms with Crippen molar-refractivity contribution in [2.75, 3.05) is 7.11 Å². The maximum atomic E-state index is 11.2. The molecule has 1 aliphatic rings. The van der Waals surface area contributed by atoms with Crippen molar-refractivity contribution < 1.29 is 19.1 Å². The average Bonchev–Trinajstić information content (AvgIpc) is 2.95. The van der Waals surface area contributed by atoms with Gasteiger partial charge in [0.15, 0.2) is 17.2 Å². The number of nitrogens with zero attached hydrogens (tertiary/aromatic N) is 2. The molecule has 0 radical (unpaired) electrons. The highest BCUT2D eigenvalue weighted by molar-refractivity contribution is 5.84. The minimum absolute atomic E-state index is 0.371. The summed E-state index contributed by atoms with van der Waals surface area (Å²) in [6.45, 7) is 1.75. The van der Waals surface area contributed by atoms with Gasteiger partial charge in [-0.15, -0.1) is 0 Å². The average molecular weight is 314 g/mol. The lowest BCUT2D eigenvalue weighted by Gasteiger charge is -2.33. The Balaban J connectivity index is 2.08. The fourth-order valence-electron chi connectivity index (χ4n) is 3.44. The monoisotopic (exact) mass is 314 g/mol. The fraction of sp³-hybridized carbons (Fsp3) is 0.471. The largest absolute Gasteiger partial charge is 0.493 e. The van der Waals surface area contributed by atoms with Crippen LogP contribution in [0.25, 0.3) is 11.1 Å². The Labute approximate surface area is 133 Å². The van der Waals surface area contributed by atoms with E-state index in [1.54, 1.807) is 20.1 Å². The van der Waals surface area contributed by atoms with Crippen molar-refractivity contribution in [2.24, 2.45) is 5.92 Å². The summed E-state index contributed by atoms with van der Waals surface area (Å²) in [4.78, 5) is 15.6. The van der Waals surface area contributed by atoms with E-state index in [1.165, 1.54) is 0 Å². The molecule has 0 unspecified atom stereocenters. The third-order valence-corrected chi connectivity index (χ3v) is 4.75. The highest BCUT2D eigenvalue weighted by Gasteiger charge is 2.41. The second-order valence-corrected chi connectivity index (χ2v) is 6.03. The van der Waals surface area contributed by atoms with Crippen molar-refractivity contribution in [3.8, 4) is 11.8 Å². The van der Waals surface area contributed by atoms with Crippen molar-refractivity contribution in [1.82, 2.24) is 4.98 Å². The van der Waals surface area contributed by atoms with Gasteiger partial charge in [0.2, 0.25) is 0 Å². The molecule has 1 aromatic heterocycles. The Kier molecular flexibility index (Phi) is 3.72. The number of hydrogen-bond donors (Lipinski definition) is 1. The van der Waals surface area contributed by atoms with E-state index in [0.29, 0.717) is 48.4 Å². The van der Waals surface area contributed by atoms with E-state index in [-0.39, 0.29) is 5.92 Å². The summed E-state index contributed by atoms with van der Waals surface area (Å²) in [6, 6.07) is 6.05. The van der Waals surface area contributed by atoms with E-state index in [4.69, 9.17) is 14.3 Å². The summed E-state index contributed by atoms with van der Waals surface area (Å²) in [5, 5.41) is 19.0. The maximum absolute atomic E-state index is 11.2. The van der Waals surface area contributed by atoms with Gasteiger partial charge >= 0.3 is 5.97 Å². The van der Waals surface area contributed by atoms with Crippen LogP contribution in [-0.4, -0.2) is 23.2 Å². The third-order valence-electron chi connectivity index (χ3n) is 4.75. The molecule has 2 aromatic rings. The van der Waals surface area contributed by atoms with Crippen LogP contribution in [-0.2, 0) is 10.2 Å². The Morgan fingerprint density at radius 2 is 2.17 bits per heavy atom. The highest BCUT2D eigenvalue weighted by Crippen LogP contribution is 2.45. The zero-order valence-electron chi connectivity index (χ0n) is 13.1. The van der Waals surface area contributed by atoms with Gasteiger partial charge in [-0.3, -0.25) is 4.79 Å². The molecule has 1 fully saturated rings. The molecule has 1 N–H and O–H groups in total. The van der Waals surface area contributed by atoms with E-state index in [9.17, 15) is 10.1 Å². The number of methoxy groups -OCH3 is 1. The van der Waals surface area contributed by atoms with Crippen LogP contribution in [0.2, 0.25) is 0 Å². The Hall–Kier alpha value is -2.55. The number of nitriles is 1. The lowest BCUT2D eigenvalue weighted by atomic mass is 9.67. The van der Waals surface area contributed by atoms with Crippen molar-refractivity contribution in [1.29, 1.82) is 5.26 Å². The highest BCUT2D eigenvalue weighted by atomic mass is 16.5. The first kappa shape index (κ1) is 15.3. The molecule has 1 aromatic carbocycles. The number of carboxylic acid groups (broad SMARTS) is 1. The van der Waals surface area contributed by atoms with E-state index < -0.39 is 11.4 Å². The Morgan fingerprint density at radius 3 is 2.74 bits per heavy atom. The smallest absolute Gasteiger partial charge is 0.306 e. The van der Waals surface area contributed by atoms with Crippen molar-refractivity contribution in [3.05, 3.63) is 23.6 Å². The molecular weight excluding hydrogens is 296 g/mol. The lowest BCUT2D eigenvalue weighted by molar-refractivity contribution is -0.143. The summed E-state index contributed by atoms with van der Waals surface area (Å²) in [7, 11) is 1.56. The summed E-state index contributed by atoms with van der Waals surface area (Å²) in [5.41, 5.74) is 1.26. The van der Waals surface area contributed by atoms with E-state index >= 15 is 0 Å². The third kappa shape index (κ3) is 2.42. The topological polar surface area (TPSA) is 96.3 Å². The first-order chi connectivity index (χ1) is 11.0. The minimum Gasteiger partial charge on any atom is -0.493 e. The number of fused-ring (bicyclic) bond motifs is 1. The molecule has 0 saturated heterocycles. The second-order valence-electron chi connectivity index (χ2n) is 6.03. The van der Waals surface area contributed by atoms with Crippen LogP contribution < -0.4 is 4.74 Å². The first-order valence-electron chi connectivity index (χ1n) is 7.59. The van der Waals surface area contributed by atoms with Gasteiger partial charge in [-0.1, -0.05) is 6.07 Å². The number of carboxylic acids is 1. The lowest BCUT2D eigenvalue weighted by Crippen LogP contribution is -2.33. The predicted molar refractivity (Wildman–Crippen MR) is 82.2 cm³/mol. The standard InChI is InChI=1S/C17H18N2O4/c1-10-19-14-12(3-4-13(22-2)15(14)23-10)17(9-18)7-5-11(6-8-17)16(20)21/h3-4,11H,5-8H2,1-2H3,(H,20,21). The molecule has 3 rings (SSSR count). The number of aromatic nitrogens is 1. The van der Waals surface area contributed by atoms with Gasteiger partial charge in [-0.05, 0) is 31.7 Å². The zero-order valence-corrected chi connectivity index (χ0v) is 13.1. The van der Waals surface area contributed by atoms with Crippen LogP contribution in [0.1, 0.15) is 37.1 Å². The van der Waals surface area contributed by atoms with Gasteiger partial charge in [-0.25, -0.2) is 4.98 Å². The van der Waals surface area contributed by atoms with Crippen LogP contribution in [0.3, 0.4) is 0 Å². The minimum atomic E-state index is -0.784. The Morgan fingerprint density at radius 1 is 1.48 bits per heavy atom. The normalized spacial score (nSPS) is 24.3. The number of ether oxygens (including phenoxy) is 1. The molecule has 0 bridgehead atoms. The van der Waals surface area contributed by atoms with Crippen LogP contribution in [0.5, 0.6) is 5.75 Å². The summed E-state index contributed by atoms with van der Waals surface area (Å²) < 4.78 is 10.9. The fourth-order valence-corrected chi connectivity index (χ4v) is 3.44. The van der Waals surface area contributed by atoms with Gasteiger partial charge in [0, 0.05) is 12.5 Å². The van der Waals surface area contributed by atoms with Crippen LogP contribution >= 0.6 is 0 Å². The molecule has 6 heteroatoms.